The molecule has 0 aromatic heterocycles. The van der Waals surface area contributed by atoms with Crippen molar-refractivity contribution in [3.05, 3.63) is 59.7 Å². The van der Waals surface area contributed by atoms with Crippen LogP contribution < -0.4 is 5.73 Å². The van der Waals surface area contributed by atoms with Crippen LogP contribution in [0.4, 0.5) is 0 Å². The molecule has 2 N–H and O–H groups in total. The van der Waals surface area contributed by atoms with Crippen LogP contribution in [-0.4, -0.2) is 42.0 Å². The van der Waals surface area contributed by atoms with Gasteiger partial charge in [-0.3, -0.25) is 9.59 Å². The van der Waals surface area contributed by atoms with E-state index >= 15 is 0 Å². The van der Waals surface area contributed by atoms with Crippen molar-refractivity contribution in [1.82, 2.24) is 4.90 Å². The molecule has 29 heavy (non-hydrogen) atoms. The van der Waals surface area contributed by atoms with Crippen molar-refractivity contribution < 1.29 is 14.3 Å². The van der Waals surface area contributed by atoms with E-state index < -0.39 is 11.5 Å². The molecule has 0 saturated carbocycles. The Hall–Kier alpha value is -2.66. The molecule has 0 spiro atoms. The van der Waals surface area contributed by atoms with Crippen molar-refractivity contribution in [2.75, 3.05) is 19.7 Å². The fraction of sp³-hybridized carbons (Fsp3) is 0.417. The molecule has 2 amide bonds. The van der Waals surface area contributed by atoms with E-state index in [1.54, 1.807) is 4.90 Å². The summed E-state index contributed by atoms with van der Waals surface area (Å²) in [5.74, 6) is -0.220. The number of amides is 2. The molecule has 1 fully saturated rings. The minimum atomic E-state index is -1.20. The average molecular weight is 395 g/mol. The Bertz CT molecular complexity index is 876. The summed E-state index contributed by atoms with van der Waals surface area (Å²) >= 11 is 0. The molecule has 1 aliphatic heterocycles. The van der Waals surface area contributed by atoms with Gasteiger partial charge in [0.05, 0.1) is 13.2 Å². The summed E-state index contributed by atoms with van der Waals surface area (Å²) in [7, 11) is 0. The van der Waals surface area contributed by atoms with Crippen LogP contribution in [0.15, 0.2) is 48.5 Å². The average Bonchev–Trinajstić information content (AvgIpc) is 2.68. The van der Waals surface area contributed by atoms with Gasteiger partial charge in [-0.05, 0) is 29.5 Å². The molecule has 0 aliphatic carbocycles. The standard InChI is InChI=1S/C24H30N2O3/c1-17(2)13-22(27)26-11-12-29-24(16-26,23(25)28)15-19-5-4-6-21(14-19)20-9-7-18(3)8-10-20/h4-10,14,17H,11-13,15-16H2,1-3H3,(H2,25,28)/t24-/m0/s1. The van der Waals surface area contributed by atoms with Gasteiger partial charge < -0.3 is 15.4 Å². The molecule has 1 atom stereocenters. The lowest BCUT2D eigenvalue weighted by atomic mass is 9.90. The number of hydrogen-bond donors (Lipinski definition) is 1. The van der Waals surface area contributed by atoms with Gasteiger partial charge in [0, 0.05) is 19.4 Å². The first-order valence-electron chi connectivity index (χ1n) is 10.2. The van der Waals surface area contributed by atoms with Gasteiger partial charge in [-0.2, -0.15) is 0 Å². The number of nitrogens with zero attached hydrogens (tertiary/aromatic N) is 1. The van der Waals surface area contributed by atoms with E-state index in [4.69, 9.17) is 10.5 Å². The first-order valence-corrected chi connectivity index (χ1v) is 10.2. The number of morpholine rings is 1. The molecule has 154 valence electrons. The van der Waals surface area contributed by atoms with Crippen LogP contribution >= 0.6 is 0 Å². The van der Waals surface area contributed by atoms with Crippen LogP contribution in [0.25, 0.3) is 11.1 Å². The molecule has 3 rings (SSSR count). The maximum atomic E-state index is 12.6. The number of aryl methyl sites for hydroxylation is 1. The Labute approximate surface area is 172 Å². The van der Waals surface area contributed by atoms with Crippen LogP contribution in [0.5, 0.6) is 0 Å². The fourth-order valence-electron chi connectivity index (χ4n) is 3.76. The van der Waals surface area contributed by atoms with E-state index in [0.29, 0.717) is 26.0 Å². The van der Waals surface area contributed by atoms with Crippen LogP contribution in [0.1, 0.15) is 31.4 Å². The number of rotatable bonds is 6. The highest BCUT2D eigenvalue weighted by atomic mass is 16.5. The first-order chi connectivity index (χ1) is 13.8. The second kappa shape index (κ2) is 8.78. The zero-order chi connectivity index (χ0) is 21.0. The summed E-state index contributed by atoms with van der Waals surface area (Å²) in [6.07, 6.45) is 0.797. The Morgan fingerprint density at radius 3 is 2.52 bits per heavy atom. The molecule has 2 aromatic rings. The number of carbonyl (C=O) groups excluding carboxylic acids is 2. The van der Waals surface area contributed by atoms with Crippen LogP contribution in [-0.2, 0) is 20.7 Å². The molecule has 1 heterocycles. The third-order valence-corrected chi connectivity index (χ3v) is 5.37. The van der Waals surface area contributed by atoms with Crippen molar-refractivity contribution in [2.45, 2.75) is 39.2 Å². The molecule has 5 heteroatoms. The Morgan fingerprint density at radius 2 is 1.86 bits per heavy atom. The topological polar surface area (TPSA) is 72.6 Å². The Balaban J connectivity index is 1.83. The predicted molar refractivity (Wildman–Crippen MR) is 114 cm³/mol. The zero-order valence-corrected chi connectivity index (χ0v) is 17.5. The summed E-state index contributed by atoms with van der Waals surface area (Å²) in [6, 6.07) is 16.4. The highest BCUT2D eigenvalue weighted by molar-refractivity contribution is 5.86. The van der Waals surface area contributed by atoms with E-state index in [0.717, 1.165) is 16.7 Å². The second-order valence-electron chi connectivity index (χ2n) is 8.36. The Morgan fingerprint density at radius 1 is 1.14 bits per heavy atom. The SMILES string of the molecule is Cc1ccc(-c2cccc(C[C@@]3(C(N)=O)CN(C(=O)CC(C)C)CCO3)c2)cc1. The smallest absolute Gasteiger partial charge is 0.251 e. The lowest BCUT2D eigenvalue weighted by Gasteiger charge is -2.41. The maximum Gasteiger partial charge on any atom is 0.251 e. The third kappa shape index (κ3) is 5.04. The normalized spacial score (nSPS) is 19.4. The van der Waals surface area contributed by atoms with Gasteiger partial charge in [0.2, 0.25) is 5.91 Å². The van der Waals surface area contributed by atoms with Crippen molar-refractivity contribution in [1.29, 1.82) is 0 Å². The summed E-state index contributed by atoms with van der Waals surface area (Å²) in [5.41, 5.74) is 8.94. The maximum absolute atomic E-state index is 12.6. The predicted octanol–water partition coefficient (Wildman–Crippen LogP) is 3.33. The van der Waals surface area contributed by atoms with Gasteiger partial charge in [-0.1, -0.05) is 67.9 Å². The van der Waals surface area contributed by atoms with Crippen LogP contribution in [0.3, 0.4) is 0 Å². The van der Waals surface area contributed by atoms with Crippen molar-refractivity contribution in [3.8, 4) is 11.1 Å². The van der Waals surface area contributed by atoms with E-state index in [1.807, 2.05) is 32.0 Å². The van der Waals surface area contributed by atoms with Gasteiger partial charge in [0.25, 0.3) is 5.91 Å². The first kappa shape index (κ1) is 21.1. The minimum Gasteiger partial charge on any atom is -0.367 e. The summed E-state index contributed by atoms with van der Waals surface area (Å²) in [4.78, 5) is 26.7. The molecular weight excluding hydrogens is 364 g/mol. The summed E-state index contributed by atoms with van der Waals surface area (Å²) < 4.78 is 5.91. The van der Waals surface area contributed by atoms with Crippen molar-refractivity contribution in [3.63, 3.8) is 0 Å². The van der Waals surface area contributed by atoms with Gasteiger partial charge in [-0.15, -0.1) is 0 Å². The van der Waals surface area contributed by atoms with Crippen molar-refractivity contribution in [2.24, 2.45) is 11.7 Å². The highest BCUT2D eigenvalue weighted by Gasteiger charge is 2.43. The largest absolute Gasteiger partial charge is 0.367 e. The van der Waals surface area contributed by atoms with Gasteiger partial charge in [0.1, 0.15) is 0 Å². The quantitative estimate of drug-likeness (QED) is 0.817. The van der Waals surface area contributed by atoms with E-state index in [2.05, 4.69) is 37.3 Å². The molecule has 1 saturated heterocycles. The van der Waals surface area contributed by atoms with E-state index in [9.17, 15) is 9.59 Å². The number of nitrogens with two attached hydrogens (primary N) is 1. The molecular formula is C24H30N2O3. The summed E-state index contributed by atoms with van der Waals surface area (Å²) in [5, 5.41) is 0. The van der Waals surface area contributed by atoms with E-state index in [1.165, 1.54) is 5.56 Å². The lowest BCUT2D eigenvalue weighted by Crippen LogP contribution is -2.61. The number of benzene rings is 2. The molecule has 1 aliphatic rings. The lowest BCUT2D eigenvalue weighted by molar-refractivity contribution is -0.163. The molecule has 2 aromatic carbocycles. The minimum absolute atomic E-state index is 0.0438. The van der Waals surface area contributed by atoms with Gasteiger partial charge >= 0.3 is 0 Å². The van der Waals surface area contributed by atoms with E-state index in [-0.39, 0.29) is 18.4 Å². The molecule has 0 radical (unpaired) electrons. The fourth-order valence-corrected chi connectivity index (χ4v) is 3.76. The number of ether oxygens (including phenoxy) is 1. The number of carbonyl (C=O) groups is 2. The van der Waals surface area contributed by atoms with Crippen LogP contribution in [0.2, 0.25) is 0 Å². The van der Waals surface area contributed by atoms with Gasteiger partial charge in [0.15, 0.2) is 5.60 Å². The molecule has 5 nitrogen and oxygen atoms in total. The van der Waals surface area contributed by atoms with Gasteiger partial charge in [-0.25, -0.2) is 0 Å². The Kier molecular flexibility index (Phi) is 6.38. The van der Waals surface area contributed by atoms with Crippen LogP contribution in [0, 0.1) is 12.8 Å². The van der Waals surface area contributed by atoms with Crippen molar-refractivity contribution >= 4 is 11.8 Å². The molecule has 0 unspecified atom stereocenters. The monoisotopic (exact) mass is 394 g/mol. The molecule has 0 bridgehead atoms. The zero-order valence-electron chi connectivity index (χ0n) is 17.5. The highest BCUT2D eigenvalue weighted by Crippen LogP contribution is 2.27. The second-order valence-corrected chi connectivity index (χ2v) is 8.36. The summed E-state index contributed by atoms with van der Waals surface area (Å²) in [6.45, 7) is 7.08. The number of hydrogen-bond acceptors (Lipinski definition) is 3. The third-order valence-electron chi connectivity index (χ3n) is 5.37. The number of primary amides is 1.